The lowest BCUT2D eigenvalue weighted by Crippen LogP contribution is -2.55. The Morgan fingerprint density at radius 3 is 2.41 bits per heavy atom. The number of carbonyl (C=O) groups excluding carboxylic acids is 2. The molecule has 0 aliphatic carbocycles. The Morgan fingerprint density at radius 1 is 1.22 bits per heavy atom. The van der Waals surface area contributed by atoms with E-state index in [1.165, 1.54) is 6.92 Å². The van der Waals surface area contributed by atoms with E-state index >= 15 is 0 Å². The number of rotatable bonds is 6. The molecule has 1 fully saturated rings. The first kappa shape index (κ1) is 20.9. The highest BCUT2D eigenvalue weighted by atomic mass is 16.4. The van der Waals surface area contributed by atoms with Gasteiger partial charge in [-0.1, -0.05) is 30.5 Å². The molecule has 2 amide bonds. The van der Waals surface area contributed by atoms with Crippen LogP contribution in [0.15, 0.2) is 18.2 Å². The number of aryl methyl sites for hydroxylation is 2. The zero-order valence-corrected chi connectivity index (χ0v) is 16.7. The maximum absolute atomic E-state index is 12.9. The topological polar surface area (TPSA) is 86.7 Å². The molecule has 0 aromatic heterocycles. The molecule has 27 heavy (non-hydrogen) atoms. The van der Waals surface area contributed by atoms with Gasteiger partial charge in [-0.3, -0.25) is 9.59 Å². The largest absolute Gasteiger partial charge is 0.480 e. The fraction of sp³-hybridized carbons (Fsp3) is 0.571. The summed E-state index contributed by atoms with van der Waals surface area (Å²) in [5.74, 6) is -1.78. The van der Waals surface area contributed by atoms with Crippen LogP contribution in [0.5, 0.6) is 0 Å². The molecular weight excluding hydrogens is 344 g/mol. The standard InChI is InChI=1S/C21H30N2O4/c1-5-8-21(4,20(26)27)22-18(24)16-7-6-9-23(13-16)19(25)17-11-14(2)10-15(3)12-17/h10-12,16H,5-9,13H2,1-4H3,(H,22,24)(H,26,27). The van der Waals surface area contributed by atoms with Crippen molar-refractivity contribution in [3.05, 3.63) is 34.9 Å². The molecule has 1 aromatic rings. The summed E-state index contributed by atoms with van der Waals surface area (Å²) in [5, 5.41) is 12.2. The molecule has 6 nitrogen and oxygen atoms in total. The van der Waals surface area contributed by atoms with E-state index in [-0.39, 0.29) is 17.7 Å². The Kier molecular flexibility index (Phi) is 6.63. The molecule has 148 valence electrons. The maximum Gasteiger partial charge on any atom is 0.329 e. The third-order valence-corrected chi connectivity index (χ3v) is 5.17. The normalized spacial score (nSPS) is 19.3. The van der Waals surface area contributed by atoms with Gasteiger partial charge in [0.05, 0.1) is 5.92 Å². The first-order chi connectivity index (χ1) is 12.7. The van der Waals surface area contributed by atoms with E-state index in [0.717, 1.165) is 17.5 Å². The smallest absolute Gasteiger partial charge is 0.329 e. The molecule has 1 saturated heterocycles. The number of nitrogens with zero attached hydrogens (tertiary/aromatic N) is 1. The van der Waals surface area contributed by atoms with Gasteiger partial charge in [-0.25, -0.2) is 4.79 Å². The number of benzene rings is 1. The van der Waals surface area contributed by atoms with Gasteiger partial charge in [0, 0.05) is 18.7 Å². The summed E-state index contributed by atoms with van der Waals surface area (Å²) >= 11 is 0. The summed E-state index contributed by atoms with van der Waals surface area (Å²) < 4.78 is 0. The van der Waals surface area contributed by atoms with Gasteiger partial charge < -0.3 is 15.3 Å². The molecule has 2 rings (SSSR count). The van der Waals surface area contributed by atoms with E-state index in [1.54, 1.807) is 4.90 Å². The van der Waals surface area contributed by atoms with Crippen LogP contribution >= 0.6 is 0 Å². The number of amides is 2. The predicted octanol–water partition coefficient (Wildman–Crippen LogP) is 2.92. The van der Waals surface area contributed by atoms with E-state index in [1.807, 2.05) is 39.0 Å². The third-order valence-electron chi connectivity index (χ3n) is 5.17. The van der Waals surface area contributed by atoms with Gasteiger partial charge in [0.25, 0.3) is 5.91 Å². The summed E-state index contributed by atoms with van der Waals surface area (Å²) in [5.41, 5.74) is 1.42. The zero-order chi connectivity index (χ0) is 20.2. The number of nitrogens with one attached hydrogen (secondary N) is 1. The Hall–Kier alpha value is -2.37. The second-order valence-electron chi connectivity index (χ2n) is 7.84. The van der Waals surface area contributed by atoms with Crippen LogP contribution < -0.4 is 5.32 Å². The lowest BCUT2D eigenvalue weighted by Gasteiger charge is -2.34. The van der Waals surface area contributed by atoms with Crippen LogP contribution in [0.4, 0.5) is 0 Å². The average molecular weight is 374 g/mol. The molecule has 0 bridgehead atoms. The summed E-state index contributed by atoms with van der Waals surface area (Å²) in [6, 6.07) is 5.74. The lowest BCUT2D eigenvalue weighted by atomic mass is 9.92. The molecule has 1 aliphatic rings. The van der Waals surface area contributed by atoms with Crippen LogP contribution in [0.1, 0.15) is 61.0 Å². The molecule has 2 unspecified atom stereocenters. The van der Waals surface area contributed by atoms with Crippen molar-refractivity contribution in [1.29, 1.82) is 0 Å². The Bertz CT molecular complexity index is 711. The molecule has 2 atom stereocenters. The Morgan fingerprint density at radius 2 is 1.85 bits per heavy atom. The average Bonchev–Trinajstić information content (AvgIpc) is 2.60. The highest BCUT2D eigenvalue weighted by Gasteiger charge is 2.37. The van der Waals surface area contributed by atoms with Crippen molar-refractivity contribution in [2.45, 2.75) is 58.9 Å². The van der Waals surface area contributed by atoms with Crippen molar-refractivity contribution in [3.63, 3.8) is 0 Å². The molecule has 2 N–H and O–H groups in total. The summed E-state index contributed by atoms with van der Waals surface area (Å²) in [6.07, 6.45) is 2.41. The minimum atomic E-state index is -1.27. The van der Waals surface area contributed by atoms with Gasteiger partial charge in [-0.15, -0.1) is 0 Å². The number of carboxylic acids is 1. The third kappa shape index (κ3) is 5.08. The van der Waals surface area contributed by atoms with E-state index in [0.29, 0.717) is 37.9 Å². The zero-order valence-electron chi connectivity index (χ0n) is 16.7. The highest BCUT2D eigenvalue weighted by molar-refractivity contribution is 5.95. The number of hydrogen-bond donors (Lipinski definition) is 2. The quantitative estimate of drug-likeness (QED) is 0.801. The van der Waals surface area contributed by atoms with Crippen LogP contribution in [-0.4, -0.2) is 46.4 Å². The molecule has 0 radical (unpaired) electrons. The number of carboxylic acid groups (broad SMARTS) is 1. The van der Waals surface area contributed by atoms with Gasteiger partial charge in [0.2, 0.25) is 5.91 Å². The van der Waals surface area contributed by atoms with Crippen molar-refractivity contribution >= 4 is 17.8 Å². The van der Waals surface area contributed by atoms with Crippen molar-refractivity contribution in [2.75, 3.05) is 13.1 Å². The van der Waals surface area contributed by atoms with E-state index in [9.17, 15) is 19.5 Å². The summed E-state index contributed by atoms with van der Waals surface area (Å²) in [7, 11) is 0. The van der Waals surface area contributed by atoms with Gasteiger partial charge in [0.15, 0.2) is 0 Å². The molecule has 1 aliphatic heterocycles. The fourth-order valence-electron chi connectivity index (χ4n) is 3.75. The molecule has 1 heterocycles. The monoisotopic (exact) mass is 374 g/mol. The van der Waals surface area contributed by atoms with E-state index < -0.39 is 11.5 Å². The molecular formula is C21H30N2O4. The van der Waals surface area contributed by atoms with Crippen molar-refractivity contribution in [1.82, 2.24) is 10.2 Å². The number of likely N-dealkylation sites (tertiary alicyclic amines) is 1. The van der Waals surface area contributed by atoms with E-state index in [4.69, 9.17) is 0 Å². The maximum atomic E-state index is 12.9. The molecule has 1 aromatic carbocycles. The number of aliphatic carboxylic acids is 1. The van der Waals surface area contributed by atoms with Gasteiger partial charge in [-0.2, -0.15) is 0 Å². The Labute approximate surface area is 160 Å². The van der Waals surface area contributed by atoms with E-state index in [2.05, 4.69) is 5.32 Å². The predicted molar refractivity (Wildman–Crippen MR) is 104 cm³/mol. The number of carbonyl (C=O) groups is 3. The molecule has 0 spiro atoms. The number of hydrogen-bond acceptors (Lipinski definition) is 3. The van der Waals surface area contributed by atoms with Crippen molar-refractivity contribution < 1.29 is 19.5 Å². The second kappa shape index (κ2) is 8.55. The van der Waals surface area contributed by atoms with Crippen LogP contribution in [0.2, 0.25) is 0 Å². The van der Waals surface area contributed by atoms with Gasteiger partial charge >= 0.3 is 5.97 Å². The highest BCUT2D eigenvalue weighted by Crippen LogP contribution is 2.22. The fourth-order valence-corrected chi connectivity index (χ4v) is 3.75. The van der Waals surface area contributed by atoms with Gasteiger partial charge in [-0.05, 0) is 52.2 Å². The minimum Gasteiger partial charge on any atom is -0.480 e. The van der Waals surface area contributed by atoms with Gasteiger partial charge in [0.1, 0.15) is 5.54 Å². The lowest BCUT2D eigenvalue weighted by molar-refractivity contribution is -0.148. The molecule has 0 saturated carbocycles. The van der Waals surface area contributed by atoms with Crippen LogP contribution in [0.25, 0.3) is 0 Å². The SMILES string of the molecule is CCCC(C)(NC(=O)C1CCCN(C(=O)c2cc(C)cc(C)c2)C1)C(=O)O. The summed E-state index contributed by atoms with van der Waals surface area (Å²) in [6.45, 7) is 8.27. The molecule has 6 heteroatoms. The first-order valence-corrected chi connectivity index (χ1v) is 9.59. The Balaban J connectivity index is 2.09. The van der Waals surface area contributed by atoms with Crippen LogP contribution in [-0.2, 0) is 9.59 Å². The first-order valence-electron chi connectivity index (χ1n) is 9.59. The number of piperidine rings is 1. The minimum absolute atomic E-state index is 0.0751. The van der Waals surface area contributed by atoms with Crippen LogP contribution in [0.3, 0.4) is 0 Å². The second-order valence-corrected chi connectivity index (χ2v) is 7.84. The van der Waals surface area contributed by atoms with Crippen LogP contribution in [0, 0.1) is 19.8 Å². The van der Waals surface area contributed by atoms with Crippen molar-refractivity contribution in [3.8, 4) is 0 Å². The van der Waals surface area contributed by atoms with Crippen molar-refractivity contribution in [2.24, 2.45) is 5.92 Å². The summed E-state index contributed by atoms with van der Waals surface area (Å²) in [4.78, 5) is 38.8.